The first-order chi connectivity index (χ1) is 19.9. The maximum absolute atomic E-state index is 13.1. The van der Waals surface area contributed by atoms with Crippen LogP contribution in [0.25, 0.3) is 10.9 Å². The van der Waals surface area contributed by atoms with E-state index in [0.717, 1.165) is 37.9 Å². The number of amides is 1. The van der Waals surface area contributed by atoms with Crippen molar-refractivity contribution in [2.24, 2.45) is 5.92 Å². The number of aromatic nitrogens is 3. The molecule has 12 heteroatoms. The minimum atomic E-state index is -0.572. The van der Waals surface area contributed by atoms with Gasteiger partial charge in [0.15, 0.2) is 18.2 Å². The average molecular weight is 563 g/mol. The molecule has 3 aliphatic rings. The Labute approximate surface area is 237 Å². The number of hydrogen-bond donors (Lipinski definition) is 2. The second kappa shape index (κ2) is 11.5. The van der Waals surface area contributed by atoms with Crippen molar-refractivity contribution < 1.29 is 23.8 Å². The van der Waals surface area contributed by atoms with Gasteiger partial charge in [-0.3, -0.25) is 9.59 Å². The van der Waals surface area contributed by atoms with Crippen LogP contribution in [0, 0.1) is 5.92 Å². The number of anilines is 2. The Hall–Kier alpha value is -4.03. The predicted molar refractivity (Wildman–Crippen MR) is 151 cm³/mol. The number of aryl methyl sites for hydroxylation is 1. The Balaban J connectivity index is 1.04. The van der Waals surface area contributed by atoms with E-state index in [1.54, 1.807) is 19.3 Å². The number of carbonyl (C=O) groups is 2. The highest BCUT2D eigenvalue weighted by molar-refractivity contribution is 5.95. The first-order valence-electron chi connectivity index (χ1n) is 14.2. The van der Waals surface area contributed by atoms with Crippen molar-refractivity contribution in [3.63, 3.8) is 0 Å². The van der Waals surface area contributed by atoms with Crippen LogP contribution in [0.5, 0.6) is 5.88 Å². The summed E-state index contributed by atoms with van der Waals surface area (Å²) in [6, 6.07) is 3.90. The summed E-state index contributed by atoms with van der Waals surface area (Å²) in [6.45, 7) is 7.36. The number of nitrogens with zero attached hydrogens (tertiary/aromatic N) is 4. The zero-order chi connectivity index (χ0) is 28.5. The van der Waals surface area contributed by atoms with Crippen molar-refractivity contribution >= 4 is 34.4 Å². The molecule has 1 aromatic carbocycles. The van der Waals surface area contributed by atoms with E-state index >= 15 is 0 Å². The molecule has 216 valence electrons. The average Bonchev–Trinajstić information content (AvgIpc) is 3.62. The van der Waals surface area contributed by atoms with Crippen molar-refractivity contribution in [2.45, 2.75) is 45.8 Å². The lowest BCUT2D eigenvalue weighted by Gasteiger charge is -2.19. The fourth-order valence-electron chi connectivity index (χ4n) is 5.91. The molecule has 4 heterocycles. The van der Waals surface area contributed by atoms with Crippen LogP contribution in [-0.4, -0.2) is 72.1 Å². The fourth-order valence-corrected chi connectivity index (χ4v) is 5.91. The molecule has 1 aliphatic carbocycles. The molecule has 1 fully saturated rings. The molecule has 1 saturated heterocycles. The standard InChI is InChI=1S/C29H34N6O6/c1-3-34-14-22(29(38)39-4-2)26(37)20-6-5-18-9-17(10-21(18)25(20)34)11-30-8-7-19-13-35(16-41-19)23-12-31-28-27(32-23)33-24(36)15-40-28/h5-6,12,14,17,19,30H,3-4,7-11,13,15-16H2,1-2H3,(H,32,33,36). The monoisotopic (exact) mass is 562 g/mol. The van der Waals surface area contributed by atoms with Crippen LogP contribution >= 0.6 is 0 Å². The number of benzene rings is 1. The Morgan fingerprint density at radius 1 is 1.24 bits per heavy atom. The largest absolute Gasteiger partial charge is 0.465 e. The van der Waals surface area contributed by atoms with Gasteiger partial charge < -0.3 is 34.3 Å². The smallest absolute Gasteiger partial charge is 0.343 e. The quantitative estimate of drug-likeness (QED) is 0.294. The van der Waals surface area contributed by atoms with E-state index in [0.29, 0.717) is 48.6 Å². The maximum atomic E-state index is 13.1. The number of fused-ring (bicyclic) bond motifs is 4. The van der Waals surface area contributed by atoms with E-state index in [4.69, 9.17) is 14.2 Å². The molecule has 12 nitrogen and oxygen atoms in total. The van der Waals surface area contributed by atoms with E-state index in [-0.39, 0.29) is 36.2 Å². The van der Waals surface area contributed by atoms with Gasteiger partial charge in [-0.2, -0.15) is 0 Å². The molecule has 0 bridgehead atoms. The SMILES string of the molecule is CCOC(=O)c1cn(CC)c2c3c(ccc2c1=O)CC(CNCCC1CN(c2cnc4c(n2)NC(=O)CO4)CO1)C3. The fraction of sp³-hybridized carbons (Fsp3) is 0.483. The Kier molecular flexibility index (Phi) is 7.59. The third-order valence-corrected chi connectivity index (χ3v) is 7.89. The zero-order valence-corrected chi connectivity index (χ0v) is 23.3. The highest BCUT2D eigenvalue weighted by Gasteiger charge is 2.28. The van der Waals surface area contributed by atoms with Gasteiger partial charge in [0.05, 0.1) is 24.4 Å². The Morgan fingerprint density at radius 3 is 2.95 bits per heavy atom. The molecule has 41 heavy (non-hydrogen) atoms. The predicted octanol–water partition coefficient (Wildman–Crippen LogP) is 1.88. The lowest BCUT2D eigenvalue weighted by molar-refractivity contribution is -0.118. The van der Waals surface area contributed by atoms with E-state index in [1.807, 2.05) is 28.5 Å². The summed E-state index contributed by atoms with van der Waals surface area (Å²) in [7, 11) is 0. The molecule has 2 atom stereocenters. The minimum absolute atomic E-state index is 0.0514. The first-order valence-corrected chi connectivity index (χ1v) is 14.2. The van der Waals surface area contributed by atoms with E-state index in [9.17, 15) is 14.4 Å². The second-order valence-electron chi connectivity index (χ2n) is 10.6. The van der Waals surface area contributed by atoms with Crippen LogP contribution < -0.4 is 25.7 Å². The van der Waals surface area contributed by atoms with Gasteiger partial charge in [-0.15, -0.1) is 0 Å². The van der Waals surface area contributed by atoms with Crippen LogP contribution in [0.1, 0.15) is 41.8 Å². The number of ether oxygens (including phenoxy) is 3. The normalized spacial score (nSPS) is 19.6. The summed E-state index contributed by atoms with van der Waals surface area (Å²) in [4.78, 5) is 47.9. The number of carbonyl (C=O) groups excluding carboxylic acids is 2. The number of rotatable bonds is 9. The van der Waals surface area contributed by atoms with Crippen LogP contribution in [-0.2, 0) is 33.7 Å². The molecule has 6 rings (SSSR count). The van der Waals surface area contributed by atoms with E-state index < -0.39 is 5.97 Å². The number of nitrogens with one attached hydrogen (secondary N) is 2. The van der Waals surface area contributed by atoms with Gasteiger partial charge >= 0.3 is 5.97 Å². The van der Waals surface area contributed by atoms with Gasteiger partial charge in [-0.05, 0) is 69.3 Å². The molecule has 0 spiro atoms. The summed E-state index contributed by atoms with van der Waals surface area (Å²) in [5.41, 5.74) is 3.21. The minimum Gasteiger partial charge on any atom is -0.465 e. The van der Waals surface area contributed by atoms with Crippen LogP contribution in [0.2, 0.25) is 0 Å². The molecular weight excluding hydrogens is 528 g/mol. The van der Waals surface area contributed by atoms with E-state index in [2.05, 4.69) is 20.6 Å². The summed E-state index contributed by atoms with van der Waals surface area (Å²) in [6.07, 6.45) is 6.02. The molecule has 0 radical (unpaired) electrons. The van der Waals surface area contributed by atoms with E-state index in [1.165, 1.54) is 11.1 Å². The number of pyridine rings is 1. The van der Waals surface area contributed by atoms with Crippen molar-refractivity contribution in [1.82, 2.24) is 19.9 Å². The molecule has 1 amide bonds. The first kappa shape index (κ1) is 27.2. The molecular formula is C29H34N6O6. The summed E-state index contributed by atoms with van der Waals surface area (Å²) in [5, 5.41) is 6.86. The lowest BCUT2D eigenvalue weighted by atomic mass is 10.0. The molecule has 2 N–H and O–H groups in total. The van der Waals surface area contributed by atoms with Crippen LogP contribution in [0.4, 0.5) is 11.6 Å². The topological polar surface area (TPSA) is 137 Å². The molecule has 2 unspecified atom stereocenters. The summed E-state index contributed by atoms with van der Waals surface area (Å²) < 4.78 is 18.4. The van der Waals surface area contributed by atoms with Crippen molar-refractivity contribution in [1.29, 1.82) is 0 Å². The molecule has 2 aliphatic heterocycles. The van der Waals surface area contributed by atoms with Crippen LogP contribution in [0.3, 0.4) is 0 Å². The Bertz CT molecular complexity index is 1560. The highest BCUT2D eigenvalue weighted by atomic mass is 16.5. The molecule has 3 aromatic rings. The third kappa shape index (κ3) is 5.36. The van der Waals surface area contributed by atoms with Gasteiger partial charge in [0.1, 0.15) is 12.3 Å². The van der Waals surface area contributed by atoms with Crippen LogP contribution in [0.15, 0.2) is 29.3 Å². The van der Waals surface area contributed by atoms with Gasteiger partial charge in [0, 0.05) is 24.7 Å². The van der Waals surface area contributed by atoms with Gasteiger partial charge in [0.2, 0.25) is 5.43 Å². The maximum Gasteiger partial charge on any atom is 0.343 e. The highest BCUT2D eigenvalue weighted by Crippen LogP contribution is 2.32. The summed E-state index contributed by atoms with van der Waals surface area (Å²) >= 11 is 0. The van der Waals surface area contributed by atoms with Gasteiger partial charge in [-0.25, -0.2) is 14.8 Å². The number of esters is 1. The Morgan fingerprint density at radius 2 is 2.12 bits per heavy atom. The molecule has 0 saturated carbocycles. The van der Waals surface area contributed by atoms with Gasteiger partial charge in [-0.1, -0.05) is 6.07 Å². The molecule has 2 aromatic heterocycles. The number of hydrogen-bond acceptors (Lipinski definition) is 10. The lowest BCUT2D eigenvalue weighted by Crippen LogP contribution is -2.29. The van der Waals surface area contributed by atoms with Crippen molar-refractivity contribution in [2.75, 3.05) is 49.8 Å². The van der Waals surface area contributed by atoms with Crippen molar-refractivity contribution in [3.05, 3.63) is 51.4 Å². The second-order valence-corrected chi connectivity index (χ2v) is 10.6. The third-order valence-electron chi connectivity index (χ3n) is 7.89. The van der Waals surface area contributed by atoms with Crippen molar-refractivity contribution in [3.8, 4) is 5.88 Å². The summed E-state index contributed by atoms with van der Waals surface area (Å²) in [5.74, 6) is 0.912. The van der Waals surface area contributed by atoms with Gasteiger partial charge in [0.25, 0.3) is 11.8 Å². The zero-order valence-electron chi connectivity index (χ0n) is 23.3.